The summed E-state index contributed by atoms with van der Waals surface area (Å²) in [5.41, 5.74) is 0.552. The van der Waals surface area contributed by atoms with E-state index < -0.39 is 5.97 Å². The first-order chi connectivity index (χ1) is 11.2. The minimum Gasteiger partial charge on any atom is -0.496 e. The first-order valence-electron chi connectivity index (χ1n) is 7.13. The lowest BCUT2D eigenvalue weighted by molar-refractivity contribution is -0.143. The smallest absolute Gasteiger partial charge is 0.335 e. The van der Waals surface area contributed by atoms with Crippen molar-refractivity contribution in [2.45, 2.75) is 25.7 Å². The molecule has 0 unspecified atom stereocenters. The number of oxime groups is 1. The predicted molar refractivity (Wildman–Crippen MR) is 87.1 cm³/mol. The number of ether oxygens (including phenoxy) is 3. The van der Waals surface area contributed by atoms with E-state index in [4.69, 9.17) is 25.5 Å². The molecule has 0 amide bonds. The summed E-state index contributed by atoms with van der Waals surface area (Å²) in [7, 11) is 4.58. The van der Waals surface area contributed by atoms with E-state index in [9.17, 15) is 4.79 Å². The van der Waals surface area contributed by atoms with E-state index in [0.717, 1.165) is 6.42 Å². The fourth-order valence-corrected chi connectivity index (χ4v) is 1.84. The highest BCUT2D eigenvalue weighted by atomic mass is 16.7. The predicted octanol–water partition coefficient (Wildman–Crippen LogP) is 2.78. The summed E-state index contributed by atoms with van der Waals surface area (Å²) >= 11 is 0. The third-order valence-electron chi connectivity index (χ3n) is 3.04. The molecule has 0 heterocycles. The Morgan fingerprint density at radius 3 is 2.35 bits per heavy atom. The van der Waals surface area contributed by atoms with Crippen molar-refractivity contribution in [2.75, 3.05) is 21.3 Å². The number of rotatable bonds is 9. The first-order valence-corrected chi connectivity index (χ1v) is 7.13. The third kappa shape index (κ3) is 5.91. The fourth-order valence-electron chi connectivity index (χ4n) is 1.84. The van der Waals surface area contributed by atoms with Gasteiger partial charge >= 0.3 is 5.97 Å². The van der Waals surface area contributed by atoms with Gasteiger partial charge in [0.05, 0.1) is 33.1 Å². The maximum Gasteiger partial charge on any atom is 0.335 e. The van der Waals surface area contributed by atoms with Crippen molar-refractivity contribution < 1.29 is 23.8 Å². The van der Waals surface area contributed by atoms with Crippen LogP contribution >= 0.6 is 0 Å². The van der Waals surface area contributed by atoms with E-state index in [1.54, 1.807) is 19.2 Å². The Kier molecular flexibility index (Phi) is 8.08. The van der Waals surface area contributed by atoms with Crippen LogP contribution in [-0.2, 0) is 9.63 Å². The van der Waals surface area contributed by atoms with Gasteiger partial charge in [-0.1, -0.05) is 5.16 Å². The first kappa shape index (κ1) is 18.4. The number of methoxy groups -OCH3 is 3. The van der Waals surface area contributed by atoms with Gasteiger partial charge in [-0.25, -0.2) is 4.79 Å². The molecule has 0 spiro atoms. The average molecular weight is 319 g/mol. The Morgan fingerprint density at radius 2 is 1.83 bits per heavy atom. The lowest BCUT2D eigenvalue weighted by atomic mass is 10.2. The van der Waals surface area contributed by atoms with Crippen LogP contribution in [0, 0.1) is 12.3 Å². The van der Waals surface area contributed by atoms with Crippen LogP contribution in [0.15, 0.2) is 17.3 Å². The van der Waals surface area contributed by atoms with Gasteiger partial charge in [0.1, 0.15) is 17.2 Å². The fraction of sp³-hybridized carbons (Fsp3) is 0.412. The van der Waals surface area contributed by atoms with Gasteiger partial charge in [-0.15, -0.1) is 12.3 Å². The van der Waals surface area contributed by atoms with Crippen molar-refractivity contribution in [1.82, 2.24) is 0 Å². The monoisotopic (exact) mass is 319 g/mol. The maximum atomic E-state index is 11.5. The van der Waals surface area contributed by atoms with Gasteiger partial charge < -0.3 is 19.0 Å². The van der Waals surface area contributed by atoms with Crippen molar-refractivity contribution in [1.29, 1.82) is 0 Å². The molecule has 0 atom stereocenters. The number of nitrogens with zero attached hydrogens (tertiary/aromatic N) is 1. The Labute approximate surface area is 136 Å². The van der Waals surface area contributed by atoms with Gasteiger partial charge in [0, 0.05) is 25.0 Å². The third-order valence-corrected chi connectivity index (χ3v) is 3.04. The highest BCUT2D eigenvalue weighted by Crippen LogP contribution is 2.32. The standard InChI is InChI=1S/C17H21NO5/c1-5-6-7-8-9-17(19)23-18-12-14-15(21-3)10-13(20-2)11-16(14)22-4/h1,10-12H,6-9H2,2-4H3. The Hall–Kier alpha value is -2.68. The van der Waals surface area contributed by atoms with Crippen LogP contribution < -0.4 is 14.2 Å². The lowest BCUT2D eigenvalue weighted by Crippen LogP contribution is -2.01. The molecule has 1 rings (SSSR count). The van der Waals surface area contributed by atoms with E-state index in [1.165, 1.54) is 20.4 Å². The molecule has 0 saturated heterocycles. The molecule has 0 radical (unpaired) electrons. The minimum atomic E-state index is -0.412. The van der Waals surface area contributed by atoms with Crippen molar-refractivity contribution >= 4 is 12.2 Å². The highest BCUT2D eigenvalue weighted by molar-refractivity contribution is 5.88. The summed E-state index contributed by atoms with van der Waals surface area (Å²) in [6.45, 7) is 0. The second kappa shape index (κ2) is 10.1. The highest BCUT2D eigenvalue weighted by Gasteiger charge is 2.12. The summed E-state index contributed by atoms with van der Waals surface area (Å²) in [4.78, 5) is 16.4. The molecule has 0 aliphatic heterocycles. The molecule has 6 heteroatoms. The average Bonchev–Trinajstić information content (AvgIpc) is 2.58. The van der Waals surface area contributed by atoms with Gasteiger partial charge in [-0.3, -0.25) is 0 Å². The number of carbonyl (C=O) groups is 1. The zero-order chi connectivity index (χ0) is 17.1. The van der Waals surface area contributed by atoms with Crippen LogP contribution in [0.4, 0.5) is 0 Å². The number of benzene rings is 1. The van der Waals surface area contributed by atoms with Gasteiger partial charge in [0.2, 0.25) is 0 Å². The van der Waals surface area contributed by atoms with Gasteiger partial charge in [-0.2, -0.15) is 0 Å². The summed E-state index contributed by atoms with van der Waals surface area (Å²) in [6.07, 6.45) is 8.90. The summed E-state index contributed by atoms with van der Waals surface area (Å²) in [5, 5.41) is 3.70. The normalized spacial score (nSPS) is 10.2. The SMILES string of the molecule is C#CCCCCC(=O)ON=Cc1c(OC)cc(OC)cc1OC. The molecule has 0 fully saturated rings. The number of terminal acetylenes is 1. The summed E-state index contributed by atoms with van der Waals surface area (Å²) < 4.78 is 15.7. The molecule has 0 aliphatic rings. The minimum absolute atomic E-state index is 0.274. The Bertz CT molecular complexity index is 564. The van der Waals surface area contributed by atoms with E-state index in [-0.39, 0.29) is 6.42 Å². The Balaban J connectivity index is 2.72. The molecule has 6 nitrogen and oxygen atoms in total. The second-order valence-electron chi connectivity index (χ2n) is 4.55. The van der Waals surface area contributed by atoms with Crippen molar-refractivity contribution in [3.63, 3.8) is 0 Å². The number of carbonyl (C=O) groups excluding carboxylic acids is 1. The second-order valence-corrected chi connectivity index (χ2v) is 4.55. The topological polar surface area (TPSA) is 66.4 Å². The molecule has 0 saturated carbocycles. The molecule has 1 aromatic carbocycles. The van der Waals surface area contributed by atoms with Crippen LogP contribution in [0.5, 0.6) is 17.2 Å². The number of unbranched alkanes of at least 4 members (excludes halogenated alkanes) is 2. The Morgan fingerprint density at radius 1 is 1.17 bits per heavy atom. The van der Waals surface area contributed by atoms with Crippen LogP contribution in [0.25, 0.3) is 0 Å². The maximum absolute atomic E-state index is 11.5. The molecule has 0 N–H and O–H groups in total. The molecule has 0 aromatic heterocycles. The van der Waals surface area contributed by atoms with Crippen LogP contribution in [-0.4, -0.2) is 33.5 Å². The lowest BCUT2D eigenvalue weighted by Gasteiger charge is -2.11. The van der Waals surface area contributed by atoms with Crippen molar-refractivity contribution in [2.24, 2.45) is 5.16 Å². The zero-order valence-corrected chi connectivity index (χ0v) is 13.6. The number of hydrogen-bond donors (Lipinski definition) is 0. The van der Waals surface area contributed by atoms with Crippen LogP contribution in [0.2, 0.25) is 0 Å². The summed E-state index contributed by atoms with van der Waals surface area (Å²) in [5.74, 6) is 3.68. The molecule has 0 bridgehead atoms. The molecular weight excluding hydrogens is 298 g/mol. The molecule has 23 heavy (non-hydrogen) atoms. The molecule has 1 aromatic rings. The van der Waals surface area contributed by atoms with E-state index >= 15 is 0 Å². The molecular formula is C17H21NO5. The summed E-state index contributed by atoms with van der Waals surface area (Å²) in [6, 6.07) is 3.37. The van der Waals surface area contributed by atoms with Crippen molar-refractivity contribution in [3.8, 4) is 29.6 Å². The largest absolute Gasteiger partial charge is 0.496 e. The van der Waals surface area contributed by atoms with Crippen LogP contribution in [0.1, 0.15) is 31.2 Å². The van der Waals surface area contributed by atoms with Crippen LogP contribution in [0.3, 0.4) is 0 Å². The van der Waals surface area contributed by atoms with Gasteiger partial charge in [0.25, 0.3) is 0 Å². The van der Waals surface area contributed by atoms with E-state index in [1.807, 2.05) is 0 Å². The number of hydrogen-bond acceptors (Lipinski definition) is 6. The molecule has 0 aliphatic carbocycles. The van der Waals surface area contributed by atoms with Crippen molar-refractivity contribution in [3.05, 3.63) is 17.7 Å². The molecule has 124 valence electrons. The van der Waals surface area contributed by atoms with Gasteiger partial charge in [0.15, 0.2) is 0 Å². The van der Waals surface area contributed by atoms with Gasteiger partial charge in [-0.05, 0) is 12.8 Å². The quantitative estimate of drug-likeness (QED) is 0.230. The van der Waals surface area contributed by atoms with E-state index in [0.29, 0.717) is 35.7 Å². The zero-order valence-electron chi connectivity index (χ0n) is 13.6. The van der Waals surface area contributed by atoms with E-state index in [2.05, 4.69) is 11.1 Å².